The van der Waals surface area contributed by atoms with Crippen LogP contribution in [0.2, 0.25) is 0 Å². The number of benzene rings is 2. The first kappa shape index (κ1) is 22.4. The Bertz CT molecular complexity index is 1220. The fourth-order valence-electron chi connectivity index (χ4n) is 4.21. The van der Waals surface area contributed by atoms with Crippen LogP contribution in [0.25, 0.3) is 10.9 Å². The Labute approximate surface area is 188 Å². The van der Waals surface area contributed by atoms with Crippen molar-refractivity contribution >= 4 is 32.3 Å². The topological polar surface area (TPSA) is 74.2 Å². The summed E-state index contributed by atoms with van der Waals surface area (Å²) in [5.74, 6) is 0. The maximum atomic E-state index is 13.7. The van der Waals surface area contributed by atoms with Crippen molar-refractivity contribution in [2.75, 3.05) is 0 Å². The maximum Gasteiger partial charge on any atom is 0.268 e. The van der Waals surface area contributed by atoms with Crippen LogP contribution in [0.5, 0.6) is 0 Å². The average molecular weight is 459 g/mol. The van der Waals surface area contributed by atoms with E-state index >= 15 is 0 Å². The Morgan fingerprint density at radius 1 is 1.06 bits per heavy atom. The number of rotatable bonds is 4. The van der Waals surface area contributed by atoms with Crippen molar-refractivity contribution in [2.45, 2.75) is 69.6 Å². The van der Waals surface area contributed by atoms with Crippen LogP contribution < -0.4 is 4.72 Å². The van der Waals surface area contributed by atoms with Crippen LogP contribution in [-0.4, -0.2) is 21.7 Å². The molecule has 0 radical (unpaired) electrons. The van der Waals surface area contributed by atoms with E-state index in [-0.39, 0.29) is 10.9 Å². The van der Waals surface area contributed by atoms with Gasteiger partial charge in [-0.1, -0.05) is 29.3 Å². The van der Waals surface area contributed by atoms with Gasteiger partial charge in [0.25, 0.3) is 10.0 Å². The third kappa shape index (κ3) is 4.04. The van der Waals surface area contributed by atoms with Gasteiger partial charge in [0.1, 0.15) is 4.75 Å². The lowest BCUT2D eigenvalue weighted by Gasteiger charge is -2.30. The molecule has 1 aliphatic rings. The molecule has 0 bridgehead atoms. The Balaban J connectivity index is 1.94. The number of nitrogens with one attached hydrogen (secondary N) is 1. The number of aryl methyl sites for hydroxylation is 2. The number of aromatic nitrogens is 1. The molecule has 0 unspecified atom stereocenters. The standard InChI is InChI=1S/C24H30N2O3S2/c1-16-9-12-18(13-10-16)31(28,29)26-21-14-11-17(2)15-19(21)23-20(7-6-8-22(23)26)25-30(27)24(3,4)5/h9-15,20,25H,6-8H2,1-5H3/t20-,30+/m0/s1. The van der Waals surface area contributed by atoms with Gasteiger partial charge in [-0.15, -0.1) is 4.72 Å². The van der Waals surface area contributed by atoms with E-state index in [1.807, 2.05) is 58.9 Å². The molecule has 5 nitrogen and oxygen atoms in total. The SMILES string of the molecule is Cc1ccc(S(=O)(=O)n2c3c(c4cc(C)ccc42)[C@@H](N[S@+]([O-])C(C)(C)C)CCC3)cc1. The van der Waals surface area contributed by atoms with Gasteiger partial charge in [0, 0.05) is 28.0 Å². The summed E-state index contributed by atoms with van der Waals surface area (Å²) < 4.78 is 44.8. The number of hydrogen-bond donors (Lipinski definition) is 1. The zero-order valence-electron chi connectivity index (χ0n) is 18.7. The Morgan fingerprint density at radius 2 is 1.71 bits per heavy atom. The van der Waals surface area contributed by atoms with E-state index in [2.05, 4.69) is 10.8 Å². The monoisotopic (exact) mass is 458 g/mol. The Kier molecular flexibility index (Phi) is 5.75. The van der Waals surface area contributed by atoms with E-state index in [4.69, 9.17) is 0 Å². The van der Waals surface area contributed by atoms with Crippen LogP contribution in [0.4, 0.5) is 0 Å². The highest BCUT2D eigenvalue weighted by atomic mass is 32.2. The fourth-order valence-corrected chi connectivity index (χ4v) is 6.65. The summed E-state index contributed by atoms with van der Waals surface area (Å²) in [5, 5.41) is 0.925. The summed E-state index contributed by atoms with van der Waals surface area (Å²) in [5.41, 5.74) is 4.55. The molecule has 31 heavy (non-hydrogen) atoms. The second-order valence-corrected chi connectivity index (χ2v) is 13.2. The molecule has 4 rings (SSSR count). The molecule has 0 saturated heterocycles. The summed E-state index contributed by atoms with van der Waals surface area (Å²) in [4.78, 5) is 0.284. The third-order valence-corrected chi connectivity index (χ3v) is 9.21. The normalized spacial score (nSPS) is 18.2. The molecule has 0 amide bonds. The molecule has 3 aromatic rings. The molecular formula is C24H30N2O3S2. The first-order valence-corrected chi connectivity index (χ1v) is 13.2. The largest absolute Gasteiger partial charge is 0.598 e. The van der Waals surface area contributed by atoms with Gasteiger partial charge in [-0.05, 0) is 78.1 Å². The number of fused-ring (bicyclic) bond motifs is 3. The molecule has 1 aromatic heterocycles. The van der Waals surface area contributed by atoms with E-state index in [0.29, 0.717) is 11.9 Å². The van der Waals surface area contributed by atoms with Gasteiger partial charge in [-0.25, -0.2) is 12.4 Å². The van der Waals surface area contributed by atoms with E-state index in [1.54, 1.807) is 12.1 Å². The summed E-state index contributed by atoms with van der Waals surface area (Å²) in [6.07, 6.45) is 2.34. The van der Waals surface area contributed by atoms with Crippen LogP contribution in [0.1, 0.15) is 62.0 Å². The number of nitrogens with zero attached hydrogens (tertiary/aromatic N) is 1. The molecule has 0 fully saturated rings. The van der Waals surface area contributed by atoms with Gasteiger partial charge in [-0.2, -0.15) is 0 Å². The van der Waals surface area contributed by atoms with Gasteiger partial charge < -0.3 is 4.55 Å². The van der Waals surface area contributed by atoms with Gasteiger partial charge in [0.05, 0.1) is 16.5 Å². The second-order valence-electron chi connectivity index (χ2n) is 9.41. The van der Waals surface area contributed by atoms with Gasteiger partial charge in [0.15, 0.2) is 0 Å². The van der Waals surface area contributed by atoms with Gasteiger partial charge in [-0.3, -0.25) is 0 Å². The maximum absolute atomic E-state index is 13.7. The van der Waals surface area contributed by atoms with Crippen LogP contribution >= 0.6 is 0 Å². The molecular weight excluding hydrogens is 428 g/mol. The minimum atomic E-state index is -3.76. The predicted octanol–water partition coefficient (Wildman–Crippen LogP) is 4.92. The van der Waals surface area contributed by atoms with Crippen molar-refractivity contribution in [1.29, 1.82) is 0 Å². The molecule has 2 atom stereocenters. The van der Waals surface area contributed by atoms with Crippen LogP contribution in [0.15, 0.2) is 47.4 Å². The van der Waals surface area contributed by atoms with Crippen molar-refractivity contribution in [1.82, 2.24) is 8.69 Å². The van der Waals surface area contributed by atoms with Gasteiger partial charge >= 0.3 is 0 Å². The van der Waals surface area contributed by atoms with E-state index in [9.17, 15) is 13.0 Å². The van der Waals surface area contributed by atoms with Crippen molar-refractivity contribution < 1.29 is 13.0 Å². The molecule has 0 aliphatic heterocycles. The van der Waals surface area contributed by atoms with Crippen molar-refractivity contribution in [3.63, 3.8) is 0 Å². The highest BCUT2D eigenvalue weighted by molar-refractivity contribution is 7.91. The minimum Gasteiger partial charge on any atom is -0.598 e. The highest BCUT2D eigenvalue weighted by Gasteiger charge is 2.36. The number of hydrogen-bond acceptors (Lipinski definition) is 4. The highest BCUT2D eigenvalue weighted by Crippen LogP contribution is 2.41. The predicted molar refractivity (Wildman–Crippen MR) is 127 cm³/mol. The van der Waals surface area contributed by atoms with Crippen molar-refractivity contribution in [3.05, 3.63) is 64.8 Å². The molecule has 2 aromatic carbocycles. The summed E-state index contributed by atoms with van der Waals surface area (Å²) in [6.45, 7) is 9.77. The molecule has 7 heteroatoms. The second kappa shape index (κ2) is 7.96. The van der Waals surface area contributed by atoms with Gasteiger partial charge in [0.2, 0.25) is 0 Å². The smallest absolute Gasteiger partial charge is 0.268 e. The third-order valence-electron chi connectivity index (χ3n) is 5.84. The summed E-state index contributed by atoms with van der Waals surface area (Å²) in [7, 11) is -3.76. The quantitative estimate of drug-likeness (QED) is 0.563. The van der Waals surface area contributed by atoms with Crippen molar-refractivity contribution in [3.8, 4) is 0 Å². The molecule has 166 valence electrons. The minimum absolute atomic E-state index is 0.150. The molecule has 0 saturated carbocycles. The Morgan fingerprint density at radius 3 is 2.35 bits per heavy atom. The summed E-state index contributed by atoms with van der Waals surface area (Å²) >= 11 is -1.25. The van der Waals surface area contributed by atoms with Crippen LogP contribution in [0, 0.1) is 13.8 Å². The summed E-state index contributed by atoms with van der Waals surface area (Å²) in [6, 6.07) is 12.7. The van der Waals surface area contributed by atoms with E-state index in [0.717, 1.165) is 40.6 Å². The average Bonchev–Trinajstić information content (AvgIpc) is 3.02. The lowest BCUT2D eigenvalue weighted by molar-refractivity contribution is 0.488. The molecule has 0 spiro atoms. The van der Waals surface area contributed by atoms with E-state index < -0.39 is 26.1 Å². The van der Waals surface area contributed by atoms with Crippen LogP contribution in [0.3, 0.4) is 0 Å². The lowest BCUT2D eigenvalue weighted by atomic mass is 9.91. The first-order chi connectivity index (χ1) is 14.5. The lowest BCUT2D eigenvalue weighted by Crippen LogP contribution is -2.42. The zero-order valence-corrected chi connectivity index (χ0v) is 20.4. The van der Waals surface area contributed by atoms with E-state index in [1.165, 1.54) is 3.97 Å². The first-order valence-electron chi connectivity index (χ1n) is 10.6. The fraction of sp³-hybridized carbons (Fsp3) is 0.417. The van der Waals surface area contributed by atoms with Crippen LogP contribution in [-0.2, 0) is 27.8 Å². The van der Waals surface area contributed by atoms with Crippen molar-refractivity contribution in [2.24, 2.45) is 0 Å². The molecule has 1 N–H and O–H groups in total. The Hall–Kier alpha value is -1.80. The zero-order chi connectivity index (χ0) is 22.6. The molecule has 1 aliphatic carbocycles. The molecule has 1 heterocycles.